The SMILES string of the molecule is CC(c1ccccc1)C(C#CC1=CCCCC1)NO. The van der Waals surface area contributed by atoms with Crippen molar-refractivity contribution in [1.29, 1.82) is 0 Å². The number of hydroxylamine groups is 1. The van der Waals surface area contributed by atoms with Crippen LogP contribution in [0.2, 0.25) is 0 Å². The normalized spacial score (nSPS) is 17.9. The van der Waals surface area contributed by atoms with Gasteiger partial charge in [0.15, 0.2) is 0 Å². The van der Waals surface area contributed by atoms with Gasteiger partial charge in [-0.3, -0.25) is 0 Å². The van der Waals surface area contributed by atoms with Crippen LogP contribution in [0.1, 0.15) is 44.1 Å². The highest BCUT2D eigenvalue weighted by Gasteiger charge is 2.15. The van der Waals surface area contributed by atoms with Crippen molar-refractivity contribution in [2.45, 2.75) is 44.6 Å². The zero-order chi connectivity index (χ0) is 13.5. The maximum absolute atomic E-state index is 9.32. The molecule has 1 aromatic carbocycles. The summed E-state index contributed by atoms with van der Waals surface area (Å²) in [6.45, 7) is 2.08. The fourth-order valence-electron chi connectivity index (χ4n) is 2.34. The van der Waals surface area contributed by atoms with E-state index in [0.717, 1.165) is 12.8 Å². The molecule has 19 heavy (non-hydrogen) atoms. The highest BCUT2D eigenvalue weighted by Crippen LogP contribution is 2.19. The lowest BCUT2D eigenvalue weighted by atomic mass is 9.93. The minimum atomic E-state index is -0.231. The maximum Gasteiger partial charge on any atom is 0.0995 e. The van der Waals surface area contributed by atoms with E-state index in [9.17, 15) is 5.21 Å². The first kappa shape index (κ1) is 13.9. The van der Waals surface area contributed by atoms with Crippen LogP contribution >= 0.6 is 0 Å². The smallest absolute Gasteiger partial charge is 0.0995 e. The number of allylic oxidation sites excluding steroid dienone is 2. The van der Waals surface area contributed by atoms with Crippen LogP contribution in [0.25, 0.3) is 0 Å². The van der Waals surface area contributed by atoms with Crippen LogP contribution in [0.5, 0.6) is 0 Å². The van der Waals surface area contributed by atoms with Crippen molar-refractivity contribution in [3.05, 3.63) is 47.5 Å². The predicted molar refractivity (Wildman–Crippen MR) is 77.9 cm³/mol. The molecule has 0 amide bonds. The second-order valence-electron chi connectivity index (χ2n) is 5.05. The van der Waals surface area contributed by atoms with E-state index in [1.165, 1.54) is 24.0 Å². The van der Waals surface area contributed by atoms with Crippen LogP contribution in [-0.2, 0) is 0 Å². The standard InChI is InChI=1S/C17H21NO/c1-14(16-10-6-3-7-11-16)17(18-19)13-12-15-8-4-2-5-9-15/h3,6-8,10-11,14,17-19H,2,4-5,9H2,1H3. The van der Waals surface area contributed by atoms with Crippen LogP contribution in [0, 0.1) is 11.8 Å². The zero-order valence-electron chi connectivity index (χ0n) is 11.4. The number of nitrogens with one attached hydrogen (secondary N) is 1. The summed E-state index contributed by atoms with van der Waals surface area (Å²) < 4.78 is 0. The first-order chi connectivity index (χ1) is 9.31. The lowest BCUT2D eigenvalue weighted by molar-refractivity contribution is 0.138. The van der Waals surface area contributed by atoms with E-state index in [-0.39, 0.29) is 12.0 Å². The molecule has 0 bridgehead atoms. The van der Waals surface area contributed by atoms with Crippen molar-refractivity contribution in [2.24, 2.45) is 0 Å². The van der Waals surface area contributed by atoms with E-state index in [4.69, 9.17) is 0 Å². The number of hydrogen-bond acceptors (Lipinski definition) is 2. The van der Waals surface area contributed by atoms with Crippen LogP contribution in [0.15, 0.2) is 42.0 Å². The Labute approximate surface area is 115 Å². The molecule has 0 aliphatic heterocycles. The lowest BCUT2D eigenvalue weighted by Gasteiger charge is -2.18. The maximum atomic E-state index is 9.32. The molecule has 2 heteroatoms. The largest absolute Gasteiger partial charge is 0.316 e. The Morgan fingerprint density at radius 3 is 2.63 bits per heavy atom. The summed E-state index contributed by atoms with van der Waals surface area (Å²) in [6, 6.07) is 9.92. The monoisotopic (exact) mass is 255 g/mol. The molecule has 1 aromatic rings. The summed E-state index contributed by atoms with van der Waals surface area (Å²) >= 11 is 0. The Bertz CT molecular complexity index is 481. The second kappa shape index (κ2) is 7.13. The molecule has 100 valence electrons. The fourth-order valence-corrected chi connectivity index (χ4v) is 2.34. The molecular formula is C17H21NO. The second-order valence-corrected chi connectivity index (χ2v) is 5.05. The van der Waals surface area contributed by atoms with E-state index < -0.39 is 0 Å². The molecule has 0 spiro atoms. The molecule has 0 heterocycles. The fraction of sp³-hybridized carbons (Fsp3) is 0.412. The van der Waals surface area contributed by atoms with E-state index >= 15 is 0 Å². The summed E-state index contributed by atoms with van der Waals surface area (Å²) in [6.07, 6.45) is 6.93. The molecule has 1 aliphatic rings. The average molecular weight is 255 g/mol. The Balaban J connectivity index is 2.08. The first-order valence-electron chi connectivity index (χ1n) is 6.96. The number of rotatable bonds is 3. The average Bonchev–Trinajstić information content (AvgIpc) is 2.49. The quantitative estimate of drug-likeness (QED) is 0.638. The van der Waals surface area contributed by atoms with Gasteiger partial charge < -0.3 is 5.21 Å². The molecule has 0 aromatic heterocycles. The van der Waals surface area contributed by atoms with Gasteiger partial charge in [0, 0.05) is 5.92 Å². The summed E-state index contributed by atoms with van der Waals surface area (Å²) in [5, 5.41) is 9.32. The topological polar surface area (TPSA) is 32.3 Å². The van der Waals surface area contributed by atoms with Crippen molar-refractivity contribution < 1.29 is 5.21 Å². The molecule has 2 nitrogen and oxygen atoms in total. The van der Waals surface area contributed by atoms with Crippen molar-refractivity contribution in [2.75, 3.05) is 0 Å². The van der Waals surface area contributed by atoms with E-state index in [1.54, 1.807) is 0 Å². The minimum Gasteiger partial charge on any atom is -0.316 e. The third-order valence-electron chi connectivity index (χ3n) is 3.64. The van der Waals surface area contributed by atoms with Gasteiger partial charge in [-0.25, -0.2) is 0 Å². The minimum absolute atomic E-state index is 0.155. The molecule has 2 unspecified atom stereocenters. The molecule has 0 fully saturated rings. The van der Waals surface area contributed by atoms with Gasteiger partial charge >= 0.3 is 0 Å². The molecule has 0 saturated heterocycles. The highest BCUT2D eigenvalue weighted by atomic mass is 16.5. The third kappa shape index (κ3) is 3.96. The van der Waals surface area contributed by atoms with E-state index in [2.05, 4.69) is 42.5 Å². The van der Waals surface area contributed by atoms with E-state index in [1.807, 2.05) is 18.2 Å². The van der Waals surface area contributed by atoms with Crippen molar-refractivity contribution in [3.63, 3.8) is 0 Å². The van der Waals surface area contributed by atoms with Gasteiger partial charge in [0.05, 0.1) is 6.04 Å². The first-order valence-corrected chi connectivity index (χ1v) is 6.96. The Morgan fingerprint density at radius 2 is 2.00 bits per heavy atom. The Morgan fingerprint density at radius 1 is 1.21 bits per heavy atom. The van der Waals surface area contributed by atoms with Crippen molar-refractivity contribution in [1.82, 2.24) is 5.48 Å². The Hall–Kier alpha value is -1.56. The van der Waals surface area contributed by atoms with Gasteiger partial charge in [-0.1, -0.05) is 55.2 Å². The van der Waals surface area contributed by atoms with Crippen LogP contribution in [-0.4, -0.2) is 11.2 Å². The van der Waals surface area contributed by atoms with Gasteiger partial charge in [-0.2, -0.15) is 5.48 Å². The molecule has 2 atom stereocenters. The van der Waals surface area contributed by atoms with Gasteiger partial charge in [0.2, 0.25) is 0 Å². The van der Waals surface area contributed by atoms with Crippen molar-refractivity contribution in [3.8, 4) is 11.8 Å². The molecule has 0 radical (unpaired) electrons. The summed E-state index contributed by atoms with van der Waals surface area (Å²) in [5.74, 6) is 6.53. The van der Waals surface area contributed by atoms with Crippen LogP contribution in [0.3, 0.4) is 0 Å². The molecule has 2 N–H and O–H groups in total. The van der Waals surface area contributed by atoms with E-state index in [0.29, 0.717) is 0 Å². The van der Waals surface area contributed by atoms with Crippen molar-refractivity contribution >= 4 is 0 Å². The number of hydrogen-bond donors (Lipinski definition) is 2. The van der Waals surface area contributed by atoms with Gasteiger partial charge in [0.1, 0.15) is 0 Å². The highest BCUT2D eigenvalue weighted by molar-refractivity contribution is 5.33. The Kier molecular flexibility index (Phi) is 5.20. The molecule has 1 aliphatic carbocycles. The number of benzene rings is 1. The van der Waals surface area contributed by atoms with Gasteiger partial charge in [-0.05, 0) is 36.8 Å². The summed E-state index contributed by atoms with van der Waals surface area (Å²) in [5.41, 5.74) is 4.74. The lowest BCUT2D eigenvalue weighted by Crippen LogP contribution is -2.29. The van der Waals surface area contributed by atoms with Gasteiger partial charge in [-0.15, -0.1) is 0 Å². The predicted octanol–water partition coefficient (Wildman–Crippen LogP) is 3.64. The summed E-state index contributed by atoms with van der Waals surface area (Å²) in [7, 11) is 0. The van der Waals surface area contributed by atoms with Gasteiger partial charge in [0.25, 0.3) is 0 Å². The molecule has 0 saturated carbocycles. The molecule has 2 rings (SSSR count). The molecular weight excluding hydrogens is 234 g/mol. The third-order valence-corrected chi connectivity index (χ3v) is 3.64. The van der Waals surface area contributed by atoms with Crippen LogP contribution in [0.4, 0.5) is 0 Å². The zero-order valence-corrected chi connectivity index (χ0v) is 11.4. The van der Waals surface area contributed by atoms with Crippen LogP contribution < -0.4 is 5.48 Å². The summed E-state index contributed by atoms with van der Waals surface area (Å²) in [4.78, 5) is 0.